The average molecular weight is 471 g/mol. The lowest BCUT2D eigenvalue weighted by atomic mass is 10.1. The molecule has 150 valence electrons. The van der Waals surface area contributed by atoms with Crippen LogP contribution in [0.5, 0.6) is 5.75 Å². The number of hydrogen-bond donors (Lipinski definition) is 0. The Hall–Kier alpha value is -1.97. The minimum atomic E-state index is -3.65. The summed E-state index contributed by atoms with van der Waals surface area (Å²) < 4.78 is 45.8. The number of piperazine rings is 1. The Morgan fingerprint density at radius 3 is 2.32 bits per heavy atom. The largest absolute Gasteiger partial charge is 0.496 e. The molecule has 0 saturated carbocycles. The van der Waals surface area contributed by atoms with E-state index in [2.05, 4.69) is 15.9 Å². The molecule has 1 aliphatic heterocycles. The Morgan fingerprint density at radius 2 is 1.75 bits per heavy atom. The van der Waals surface area contributed by atoms with Crippen LogP contribution in [0.2, 0.25) is 0 Å². The van der Waals surface area contributed by atoms with E-state index in [4.69, 9.17) is 4.74 Å². The van der Waals surface area contributed by atoms with E-state index in [0.29, 0.717) is 23.3 Å². The Morgan fingerprint density at radius 1 is 1.11 bits per heavy atom. The van der Waals surface area contributed by atoms with Crippen LogP contribution < -0.4 is 4.74 Å². The molecule has 6 nitrogen and oxygen atoms in total. The molecule has 1 aliphatic rings. The van der Waals surface area contributed by atoms with Gasteiger partial charge in [0.25, 0.3) is 0 Å². The molecular weight excluding hydrogens is 451 g/mol. The second kappa shape index (κ2) is 8.59. The third-order valence-electron chi connectivity index (χ3n) is 4.62. The maximum Gasteiger partial charge on any atom is 0.243 e. The third kappa shape index (κ3) is 4.53. The highest BCUT2D eigenvalue weighted by Crippen LogP contribution is 2.29. The molecule has 1 fully saturated rings. The lowest BCUT2D eigenvalue weighted by molar-refractivity contribution is -0.131. The molecule has 3 rings (SSSR count). The highest BCUT2D eigenvalue weighted by molar-refractivity contribution is 9.10. The van der Waals surface area contributed by atoms with Gasteiger partial charge in [-0.15, -0.1) is 0 Å². The molecule has 1 heterocycles. The topological polar surface area (TPSA) is 66.9 Å². The van der Waals surface area contributed by atoms with Gasteiger partial charge in [0.2, 0.25) is 15.9 Å². The summed E-state index contributed by atoms with van der Waals surface area (Å²) in [6, 6.07) is 10.4. The summed E-state index contributed by atoms with van der Waals surface area (Å²) >= 11 is 3.30. The predicted molar refractivity (Wildman–Crippen MR) is 106 cm³/mol. The summed E-state index contributed by atoms with van der Waals surface area (Å²) in [5.41, 5.74) is 0.726. The number of hydrogen-bond acceptors (Lipinski definition) is 4. The average Bonchev–Trinajstić information content (AvgIpc) is 2.69. The van der Waals surface area contributed by atoms with Gasteiger partial charge in [-0.05, 0) is 51.8 Å². The van der Waals surface area contributed by atoms with Gasteiger partial charge in [-0.2, -0.15) is 4.31 Å². The summed E-state index contributed by atoms with van der Waals surface area (Å²) in [5.74, 6) is 0.103. The van der Waals surface area contributed by atoms with Gasteiger partial charge in [0.15, 0.2) is 0 Å². The Labute approximate surface area is 172 Å². The van der Waals surface area contributed by atoms with Gasteiger partial charge in [0.05, 0.1) is 22.9 Å². The molecule has 0 unspecified atom stereocenters. The van der Waals surface area contributed by atoms with Crippen molar-refractivity contribution >= 4 is 31.9 Å². The van der Waals surface area contributed by atoms with Gasteiger partial charge in [-0.3, -0.25) is 4.79 Å². The molecule has 0 aromatic heterocycles. The van der Waals surface area contributed by atoms with Crippen LogP contribution in [0, 0.1) is 5.82 Å². The van der Waals surface area contributed by atoms with Crippen molar-refractivity contribution < 1.29 is 22.3 Å². The fraction of sp³-hybridized carbons (Fsp3) is 0.316. The van der Waals surface area contributed by atoms with E-state index < -0.39 is 10.0 Å². The van der Waals surface area contributed by atoms with Crippen LogP contribution in [0.1, 0.15) is 5.56 Å². The van der Waals surface area contributed by atoms with Crippen molar-refractivity contribution in [2.75, 3.05) is 33.3 Å². The van der Waals surface area contributed by atoms with E-state index in [0.717, 1.165) is 5.56 Å². The Kier molecular flexibility index (Phi) is 6.36. The molecule has 0 atom stereocenters. The fourth-order valence-corrected chi connectivity index (χ4v) is 5.16. The number of ether oxygens (including phenoxy) is 1. The van der Waals surface area contributed by atoms with E-state index in [-0.39, 0.29) is 36.1 Å². The fourth-order valence-electron chi connectivity index (χ4n) is 3.02. The van der Waals surface area contributed by atoms with Crippen LogP contribution in [0.3, 0.4) is 0 Å². The first-order chi connectivity index (χ1) is 13.3. The monoisotopic (exact) mass is 470 g/mol. The van der Waals surface area contributed by atoms with E-state index >= 15 is 0 Å². The van der Waals surface area contributed by atoms with Crippen molar-refractivity contribution in [1.82, 2.24) is 9.21 Å². The highest BCUT2D eigenvalue weighted by atomic mass is 79.9. The molecule has 28 heavy (non-hydrogen) atoms. The Balaban J connectivity index is 1.63. The second-order valence-electron chi connectivity index (χ2n) is 6.38. The van der Waals surface area contributed by atoms with Crippen LogP contribution in [0.15, 0.2) is 51.8 Å². The molecule has 9 heteroatoms. The van der Waals surface area contributed by atoms with Crippen molar-refractivity contribution in [1.29, 1.82) is 0 Å². The molecule has 2 aromatic carbocycles. The van der Waals surface area contributed by atoms with Crippen molar-refractivity contribution in [2.24, 2.45) is 0 Å². The summed E-state index contributed by atoms with van der Waals surface area (Å²) in [6.45, 7) is 1.08. The number of amides is 1. The molecule has 0 bridgehead atoms. The lowest BCUT2D eigenvalue weighted by Gasteiger charge is -2.34. The van der Waals surface area contributed by atoms with Crippen LogP contribution in [0.25, 0.3) is 0 Å². The maximum absolute atomic E-state index is 13.0. The van der Waals surface area contributed by atoms with Crippen molar-refractivity contribution in [3.05, 3.63) is 58.3 Å². The number of sulfonamides is 1. The first-order valence-corrected chi connectivity index (χ1v) is 10.9. The normalized spacial score (nSPS) is 15.5. The number of benzene rings is 2. The summed E-state index contributed by atoms with van der Waals surface area (Å²) in [4.78, 5) is 14.2. The number of carbonyl (C=O) groups excluding carboxylic acids is 1. The molecule has 1 amide bonds. The smallest absolute Gasteiger partial charge is 0.243 e. The summed E-state index contributed by atoms with van der Waals surface area (Å²) in [7, 11) is -2.14. The van der Waals surface area contributed by atoms with Gasteiger partial charge in [-0.25, -0.2) is 12.8 Å². The van der Waals surface area contributed by atoms with Crippen LogP contribution in [0.4, 0.5) is 4.39 Å². The zero-order valence-electron chi connectivity index (χ0n) is 15.3. The first kappa shape index (κ1) is 20.8. The SMILES string of the molecule is COc1ccc(S(=O)(=O)N2CCN(C(=O)Cc3ccc(F)cc3)CC2)cc1Br. The maximum atomic E-state index is 13.0. The summed E-state index contributed by atoms with van der Waals surface area (Å²) in [5, 5.41) is 0. The number of rotatable bonds is 5. The second-order valence-corrected chi connectivity index (χ2v) is 9.18. The van der Waals surface area contributed by atoms with Gasteiger partial charge in [0, 0.05) is 26.2 Å². The van der Waals surface area contributed by atoms with Crippen LogP contribution in [-0.2, 0) is 21.2 Å². The van der Waals surface area contributed by atoms with E-state index in [9.17, 15) is 17.6 Å². The summed E-state index contributed by atoms with van der Waals surface area (Å²) in [6.07, 6.45) is 0.165. The number of carbonyl (C=O) groups is 1. The van der Waals surface area contributed by atoms with Gasteiger partial charge < -0.3 is 9.64 Å². The number of methoxy groups -OCH3 is 1. The van der Waals surface area contributed by atoms with Gasteiger partial charge in [0.1, 0.15) is 11.6 Å². The molecule has 0 N–H and O–H groups in total. The molecule has 0 aliphatic carbocycles. The van der Waals surface area contributed by atoms with Crippen molar-refractivity contribution in [3.8, 4) is 5.75 Å². The van der Waals surface area contributed by atoms with Gasteiger partial charge in [-0.1, -0.05) is 12.1 Å². The van der Waals surface area contributed by atoms with E-state index in [1.54, 1.807) is 23.1 Å². The molecule has 0 radical (unpaired) electrons. The standard InChI is InChI=1S/C19H20BrFN2O4S/c1-27-18-7-6-16(13-17(18)20)28(25,26)23-10-8-22(9-11-23)19(24)12-14-2-4-15(21)5-3-14/h2-7,13H,8-12H2,1H3. The van der Waals surface area contributed by atoms with Gasteiger partial charge >= 0.3 is 0 Å². The van der Waals surface area contributed by atoms with Crippen LogP contribution in [-0.4, -0.2) is 56.8 Å². The molecular formula is C19H20BrFN2O4S. The number of halogens is 2. The van der Waals surface area contributed by atoms with Crippen LogP contribution >= 0.6 is 15.9 Å². The molecule has 2 aromatic rings. The minimum absolute atomic E-state index is 0.101. The van der Waals surface area contributed by atoms with Crippen molar-refractivity contribution in [2.45, 2.75) is 11.3 Å². The third-order valence-corrected chi connectivity index (χ3v) is 7.14. The quantitative estimate of drug-likeness (QED) is 0.673. The zero-order chi connectivity index (χ0) is 20.3. The molecule has 1 saturated heterocycles. The highest BCUT2D eigenvalue weighted by Gasteiger charge is 2.30. The first-order valence-electron chi connectivity index (χ1n) is 8.67. The number of nitrogens with zero attached hydrogens (tertiary/aromatic N) is 2. The predicted octanol–water partition coefficient (Wildman–Crippen LogP) is 2.67. The van der Waals surface area contributed by atoms with E-state index in [1.807, 2.05) is 0 Å². The van der Waals surface area contributed by atoms with Crippen molar-refractivity contribution in [3.63, 3.8) is 0 Å². The Bertz CT molecular complexity index is 958. The van der Waals surface area contributed by atoms with E-state index in [1.165, 1.54) is 35.7 Å². The zero-order valence-corrected chi connectivity index (χ0v) is 17.7. The molecule has 0 spiro atoms. The lowest BCUT2D eigenvalue weighted by Crippen LogP contribution is -2.50. The minimum Gasteiger partial charge on any atom is -0.496 e.